The fourth-order valence-corrected chi connectivity index (χ4v) is 1.51. The standard InChI is InChI=1S/C13H16/c1-5-10(3)13-9-7-8-11(4)12(13)6-2/h5-10H,1-2H2,3-4H3. The van der Waals surface area contributed by atoms with Crippen molar-refractivity contribution in [2.75, 3.05) is 0 Å². The van der Waals surface area contributed by atoms with Gasteiger partial charge in [-0.2, -0.15) is 0 Å². The molecule has 0 heteroatoms. The predicted molar refractivity (Wildman–Crippen MR) is 59.9 cm³/mol. The molecule has 1 unspecified atom stereocenters. The van der Waals surface area contributed by atoms with Gasteiger partial charge in [0.05, 0.1) is 0 Å². The van der Waals surface area contributed by atoms with Crippen LogP contribution in [0, 0.1) is 6.92 Å². The molecule has 1 aromatic rings. The van der Waals surface area contributed by atoms with Gasteiger partial charge in [0, 0.05) is 0 Å². The first-order valence-corrected chi connectivity index (χ1v) is 4.55. The fraction of sp³-hybridized carbons (Fsp3) is 0.231. The normalized spacial score (nSPS) is 12.2. The lowest BCUT2D eigenvalue weighted by molar-refractivity contribution is 0.963. The molecule has 1 rings (SSSR count). The molecule has 13 heavy (non-hydrogen) atoms. The zero-order valence-corrected chi connectivity index (χ0v) is 8.38. The van der Waals surface area contributed by atoms with Gasteiger partial charge >= 0.3 is 0 Å². The molecule has 0 saturated carbocycles. The topological polar surface area (TPSA) is 0 Å². The van der Waals surface area contributed by atoms with Crippen LogP contribution in [-0.4, -0.2) is 0 Å². The van der Waals surface area contributed by atoms with E-state index in [4.69, 9.17) is 0 Å². The fourth-order valence-electron chi connectivity index (χ4n) is 1.51. The summed E-state index contributed by atoms with van der Waals surface area (Å²) in [5, 5.41) is 0. The molecule has 0 fully saturated rings. The van der Waals surface area contributed by atoms with Gasteiger partial charge in [-0.3, -0.25) is 0 Å². The van der Waals surface area contributed by atoms with E-state index in [1.54, 1.807) is 0 Å². The summed E-state index contributed by atoms with van der Waals surface area (Å²) in [4.78, 5) is 0. The lowest BCUT2D eigenvalue weighted by Gasteiger charge is -2.12. The van der Waals surface area contributed by atoms with Crippen LogP contribution in [0.1, 0.15) is 29.5 Å². The van der Waals surface area contributed by atoms with E-state index in [0.29, 0.717) is 5.92 Å². The molecule has 0 spiro atoms. The minimum absolute atomic E-state index is 0.396. The third-order valence-electron chi connectivity index (χ3n) is 2.41. The van der Waals surface area contributed by atoms with Gasteiger partial charge in [-0.15, -0.1) is 6.58 Å². The molecule has 0 N–H and O–H groups in total. The molecule has 0 amide bonds. The van der Waals surface area contributed by atoms with Crippen LogP contribution in [0.25, 0.3) is 6.08 Å². The number of benzene rings is 1. The quantitative estimate of drug-likeness (QED) is 0.606. The summed E-state index contributed by atoms with van der Waals surface area (Å²) in [5.41, 5.74) is 3.83. The van der Waals surface area contributed by atoms with Crippen LogP contribution in [0.2, 0.25) is 0 Å². The molecule has 0 saturated heterocycles. The Morgan fingerprint density at radius 1 is 1.31 bits per heavy atom. The molecule has 1 atom stereocenters. The number of hydrogen-bond donors (Lipinski definition) is 0. The number of rotatable bonds is 3. The molecule has 0 radical (unpaired) electrons. The summed E-state index contributed by atoms with van der Waals surface area (Å²) in [5.74, 6) is 0.396. The van der Waals surface area contributed by atoms with Gasteiger partial charge in [-0.1, -0.05) is 43.9 Å². The molecule has 0 aromatic heterocycles. The minimum atomic E-state index is 0.396. The van der Waals surface area contributed by atoms with Gasteiger partial charge in [0.2, 0.25) is 0 Å². The highest BCUT2D eigenvalue weighted by Crippen LogP contribution is 2.24. The van der Waals surface area contributed by atoms with Gasteiger partial charge in [0.1, 0.15) is 0 Å². The van der Waals surface area contributed by atoms with Crippen molar-refractivity contribution in [3.63, 3.8) is 0 Å². The molecular weight excluding hydrogens is 156 g/mol. The van der Waals surface area contributed by atoms with Crippen LogP contribution in [0.5, 0.6) is 0 Å². The van der Waals surface area contributed by atoms with Gasteiger partial charge in [0.25, 0.3) is 0 Å². The van der Waals surface area contributed by atoms with Crippen molar-refractivity contribution in [1.82, 2.24) is 0 Å². The second-order valence-corrected chi connectivity index (χ2v) is 3.31. The maximum atomic E-state index is 3.83. The van der Waals surface area contributed by atoms with E-state index in [1.165, 1.54) is 16.7 Å². The Morgan fingerprint density at radius 2 is 2.00 bits per heavy atom. The first-order valence-electron chi connectivity index (χ1n) is 4.55. The lowest BCUT2D eigenvalue weighted by Crippen LogP contribution is -1.94. The Morgan fingerprint density at radius 3 is 2.54 bits per heavy atom. The third-order valence-corrected chi connectivity index (χ3v) is 2.41. The van der Waals surface area contributed by atoms with Crippen LogP contribution < -0.4 is 0 Å². The monoisotopic (exact) mass is 172 g/mol. The number of allylic oxidation sites excluding steroid dienone is 1. The van der Waals surface area contributed by atoms with Gasteiger partial charge in [-0.05, 0) is 29.5 Å². The Hall–Kier alpha value is -1.30. The third kappa shape index (κ3) is 1.89. The van der Waals surface area contributed by atoms with Gasteiger partial charge < -0.3 is 0 Å². The second-order valence-electron chi connectivity index (χ2n) is 3.31. The van der Waals surface area contributed by atoms with Crippen molar-refractivity contribution in [2.24, 2.45) is 0 Å². The highest BCUT2D eigenvalue weighted by molar-refractivity contribution is 5.57. The predicted octanol–water partition coefficient (Wildman–Crippen LogP) is 3.93. The van der Waals surface area contributed by atoms with Crippen molar-refractivity contribution in [2.45, 2.75) is 19.8 Å². The SMILES string of the molecule is C=Cc1c(C)cccc1C(C)C=C. The van der Waals surface area contributed by atoms with Gasteiger partial charge in [0.15, 0.2) is 0 Å². The average molecular weight is 172 g/mol. The van der Waals surface area contributed by atoms with Crippen molar-refractivity contribution >= 4 is 6.08 Å². The first-order chi connectivity index (χ1) is 6.20. The van der Waals surface area contributed by atoms with E-state index in [1.807, 2.05) is 12.2 Å². The Balaban J connectivity index is 3.27. The summed E-state index contributed by atoms with van der Waals surface area (Å²) in [7, 11) is 0. The molecule has 1 aromatic carbocycles. The smallest absolute Gasteiger partial charge is 0.000709 e. The van der Waals surface area contributed by atoms with E-state index >= 15 is 0 Å². The molecule has 68 valence electrons. The van der Waals surface area contributed by atoms with Crippen molar-refractivity contribution in [3.05, 3.63) is 54.1 Å². The van der Waals surface area contributed by atoms with E-state index in [0.717, 1.165) is 0 Å². The zero-order valence-electron chi connectivity index (χ0n) is 8.38. The molecule has 0 heterocycles. The largest absolute Gasteiger partial charge is 0.102 e. The van der Waals surface area contributed by atoms with Crippen LogP contribution in [0.15, 0.2) is 37.4 Å². The molecule has 0 aliphatic carbocycles. The molecule has 0 aliphatic rings. The molecule has 0 bridgehead atoms. The van der Waals surface area contributed by atoms with Crippen molar-refractivity contribution < 1.29 is 0 Å². The van der Waals surface area contributed by atoms with E-state index < -0.39 is 0 Å². The van der Waals surface area contributed by atoms with Crippen molar-refractivity contribution in [1.29, 1.82) is 0 Å². The maximum Gasteiger partial charge on any atom is -0.000709 e. The Kier molecular flexibility index (Phi) is 3.07. The molecular formula is C13H16. The number of aryl methyl sites for hydroxylation is 1. The molecule has 0 nitrogen and oxygen atoms in total. The highest BCUT2D eigenvalue weighted by atomic mass is 14.1. The lowest BCUT2D eigenvalue weighted by atomic mass is 9.93. The summed E-state index contributed by atoms with van der Waals surface area (Å²) in [6.45, 7) is 11.9. The van der Waals surface area contributed by atoms with Crippen molar-refractivity contribution in [3.8, 4) is 0 Å². The zero-order chi connectivity index (χ0) is 9.84. The summed E-state index contributed by atoms with van der Waals surface area (Å²) < 4.78 is 0. The van der Waals surface area contributed by atoms with Crippen LogP contribution in [0.4, 0.5) is 0 Å². The van der Waals surface area contributed by atoms with E-state index in [9.17, 15) is 0 Å². The maximum absolute atomic E-state index is 3.83. The minimum Gasteiger partial charge on any atom is -0.102 e. The van der Waals surface area contributed by atoms with E-state index in [-0.39, 0.29) is 0 Å². The Labute approximate surface area is 80.6 Å². The number of hydrogen-bond acceptors (Lipinski definition) is 0. The van der Waals surface area contributed by atoms with Crippen LogP contribution in [-0.2, 0) is 0 Å². The molecule has 0 aliphatic heterocycles. The second kappa shape index (κ2) is 4.08. The highest BCUT2D eigenvalue weighted by Gasteiger charge is 2.06. The summed E-state index contributed by atoms with van der Waals surface area (Å²) in [6.07, 6.45) is 3.88. The average Bonchev–Trinajstić information content (AvgIpc) is 2.16. The Bertz CT molecular complexity index is 321. The summed E-state index contributed by atoms with van der Waals surface area (Å²) in [6, 6.07) is 6.32. The summed E-state index contributed by atoms with van der Waals surface area (Å²) >= 11 is 0. The first kappa shape index (κ1) is 9.79. The van der Waals surface area contributed by atoms with Crippen LogP contribution >= 0.6 is 0 Å². The van der Waals surface area contributed by atoms with E-state index in [2.05, 4.69) is 45.2 Å². The van der Waals surface area contributed by atoms with Crippen LogP contribution in [0.3, 0.4) is 0 Å². The van der Waals surface area contributed by atoms with Gasteiger partial charge in [-0.25, -0.2) is 0 Å².